The maximum atomic E-state index is 8.46. The van der Waals surface area contributed by atoms with E-state index in [1.165, 1.54) is 18.4 Å². The molecule has 3 nitrogen and oxygen atoms in total. The van der Waals surface area contributed by atoms with Crippen LogP contribution in [0.2, 0.25) is 0 Å². The van der Waals surface area contributed by atoms with Crippen LogP contribution in [0.3, 0.4) is 0 Å². The maximum Gasteiger partial charge on any atom is 0.123 e. The first kappa shape index (κ1) is 12.9. The Morgan fingerprint density at radius 2 is 2.11 bits per heavy atom. The average Bonchev–Trinajstić information content (AvgIpc) is 3.21. The third-order valence-electron chi connectivity index (χ3n) is 3.07. The first-order valence-corrected chi connectivity index (χ1v) is 6.71. The van der Waals surface area contributed by atoms with Crippen molar-refractivity contribution in [3.63, 3.8) is 0 Å². The first-order chi connectivity index (χ1) is 8.90. The molecule has 0 aromatic heterocycles. The molecular formula is C15H20N2O. The monoisotopic (exact) mass is 244 g/mol. The maximum absolute atomic E-state index is 8.46. The molecule has 1 fully saturated rings. The van der Waals surface area contributed by atoms with Crippen molar-refractivity contribution in [3.05, 3.63) is 29.8 Å². The summed E-state index contributed by atoms with van der Waals surface area (Å²) in [5.41, 5.74) is 1.23. The molecule has 0 amide bonds. The van der Waals surface area contributed by atoms with E-state index in [-0.39, 0.29) is 0 Å². The van der Waals surface area contributed by atoms with Crippen LogP contribution in [0.5, 0.6) is 5.75 Å². The van der Waals surface area contributed by atoms with Gasteiger partial charge in [0.1, 0.15) is 5.75 Å². The number of nitrogens with zero attached hydrogens (tertiary/aromatic N) is 1. The second-order valence-electron chi connectivity index (χ2n) is 4.73. The second kappa shape index (κ2) is 7.03. The fourth-order valence-electron chi connectivity index (χ4n) is 1.82. The molecule has 1 aliphatic carbocycles. The summed E-state index contributed by atoms with van der Waals surface area (Å²) < 4.78 is 5.79. The van der Waals surface area contributed by atoms with E-state index in [0.717, 1.165) is 25.1 Å². The molecule has 0 heterocycles. The smallest absolute Gasteiger partial charge is 0.123 e. The standard InChI is InChI=1S/C15H20N2O/c16-10-4-1-5-11-18-15-7-3-2-6-13(15)12-17-14-8-9-14/h2-3,6-7,14,17H,1,4-5,8-9,11-12H2. The zero-order valence-corrected chi connectivity index (χ0v) is 10.7. The Hall–Kier alpha value is -1.53. The number of unbranched alkanes of at least 4 members (excludes halogenated alkanes) is 2. The van der Waals surface area contributed by atoms with Crippen molar-refractivity contribution in [2.45, 2.75) is 44.7 Å². The summed E-state index contributed by atoms with van der Waals surface area (Å²) in [4.78, 5) is 0. The second-order valence-corrected chi connectivity index (χ2v) is 4.73. The molecule has 2 rings (SSSR count). The Morgan fingerprint density at radius 1 is 1.28 bits per heavy atom. The molecule has 1 aromatic rings. The zero-order valence-electron chi connectivity index (χ0n) is 10.7. The van der Waals surface area contributed by atoms with E-state index in [2.05, 4.69) is 17.5 Å². The number of rotatable bonds is 8. The molecule has 1 N–H and O–H groups in total. The van der Waals surface area contributed by atoms with Gasteiger partial charge in [-0.1, -0.05) is 18.2 Å². The number of para-hydroxylation sites is 1. The van der Waals surface area contributed by atoms with Gasteiger partial charge in [0.2, 0.25) is 0 Å². The summed E-state index contributed by atoms with van der Waals surface area (Å²) in [6.07, 6.45) is 5.08. The van der Waals surface area contributed by atoms with Crippen LogP contribution in [0.4, 0.5) is 0 Å². The van der Waals surface area contributed by atoms with E-state index in [9.17, 15) is 0 Å². The topological polar surface area (TPSA) is 45.0 Å². The predicted octanol–water partition coefficient (Wildman–Crippen LogP) is 3.01. The van der Waals surface area contributed by atoms with Gasteiger partial charge >= 0.3 is 0 Å². The number of ether oxygens (including phenoxy) is 1. The van der Waals surface area contributed by atoms with Gasteiger partial charge in [0.05, 0.1) is 12.7 Å². The van der Waals surface area contributed by atoms with Crippen LogP contribution in [0, 0.1) is 11.3 Å². The molecule has 1 aliphatic rings. The quantitative estimate of drug-likeness (QED) is 0.715. The SMILES string of the molecule is N#CCCCCOc1ccccc1CNC1CC1. The third kappa shape index (κ3) is 4.38. The largest absolute Gasteiger partial charge is 0.493 e. The molecular weight excluding hydrogens is 224 g/mol. The van der Waals surface area contributed by atoms with Gasteiger partial charge in [-0.15, -0.1) is 0 Å². The average molecular weight is 244 g/mol. The highest BCUT2D eigenvalue weighted by molar-refractivity contribution is 5.33. The summed E-state index contributed by atoms with van der Waals surface area (Å²) >= 11 is 0. The van der Waals surface area contributed by atoms with Crippen LogP contribution in [-0.4, -0.2) is 12.6 Å². The van der Waals surface area contributed by atoms with Crippen molar-refractivity contribution in [1.29, 1.82) is 5.26 Å². The van der Waals surface area contributed by atoms with Gasteiger partial charge in [-0.3, -0.25) is 0 Å². The van der Waals surface area contributed by atoms with Crippen molar-refractivity contribution in [3.8, 4) is 11.8 Å². The van der Waals surface area contributed by atoms with Crippen LogP contribution < -0.4 is 10.1 Å². The molecule has 0 bridgehead atoms. The summed E-state index contributed by atoms with van der Waals surface area (Å²) in [5, 5.41) is 12.0. The number of nitrogens with one attached hydrogen (secondary N) is 1. The lowest BCUT2D eigenvalue weighted by molar-refractivity contribution is 0.303. The Labute approximate surface area is 109 Å². The fraction of sp³-hybridized carbons (Fsp3) is 0.533. The van der Waals surface area contributed by atoms with E-state index in [4.69, 9.17) is 10.00 Å². The van der Waals surface area contributed by atoms with E-state index in [0.29, 0.717) is 19.1 Å². The molecule has 0 aliphatic heterocycles. The predicted molar refractivity (Wildman–Crippen MR) is 71.3 cm³/mol. The fourth-order valence-corrected chi connectivity index (χ4v) is 1.82. The molecule has 96 valence electrons. The lowest BCUT2D eigenvalue weighted by Gasteiger charge is -2.11. The van der Waals surface area contributed by atoms with Gasteiger partial charge in [0, 0.05) is 24.6 Å². The van der Waals surface area contributed by atoms with Crippen LogP contribution in [-0.2, 0) is 6.54 Å². The molecule has 3 heteroatoms. The number of nitriles is 1. The van der Waals surface area contributed by atoms with Crippen LogP contribution in [0.25, 0.3) is 0 Å². The minimum absolute atomic E-state index is 0.619. The van der Waals surface area contributed by atoms with Crippen LogP contribution in [0.1, 0.15) is 37.7 Å². The Kier molecular flexibility index (Phi) is 5.04. The van der Waals surface area contributed by atoms with Gasteiger partial charge < -0.3 is 10.1 Å². The highest BCUT2D eigenvalue weighted by Crippen LogP contribution is 2.22. The molecule has 0 spiro atoms. The highest BCUT2D eigenvalue weighted by atomic mass is 16.5. The van der Waals surface area contributed by atoms with E-state index in [1.54, 1.807) is 0 Å². The number of hydrogen-bond donors (Lipinski definition) is 1. The normalized spacial score (nSPS) is 14.2. The molecule has 1 aromatic carbocycles. The summed E-state index contributed by atoms with van der Waals surface area (Å²) in [6.45, 7) is 1.58. The van der Waals surface area contributed by atoms with Crippen LogP contribution in [0.15, 0.2) is 24.3 Å². The lowest BCUT2D eigenvalue weighted by Crippen LogP contribution is -2.16. The van der Waals surface area contributed by atoms with E-state index in [1.807, 2.05) is 18.2 Å². The number of hydrogen-bond acceptors (Lipinski definition) is 3. The molecule has 0 saturated heterocycles. The van der Waals surface area contributed by atoms with E-state index >= 15 is 0 Å². The summed E-state index contributed by atoms with van der Waals surface area (Å²) in [7, 11) is 0. The first-order valence-electron chi connectivity index (χ1n) is 6.71. The molecule has 0 atom stereocenters. The van der Waals surface area contributed by atoms with Crippen molar-refractivity contribution in [2.75, 3.05) is 6.61 Å². The van der Waals surface area contributed by atoms with Crippen LogP contribution >= 0.6 is 0 Å². The van der Waals surface area contributed by atoms with Crippen molar-refractivity contribution in [2.24, 2.45) is 0 Å². The van der Waals surface area contributed by atoms with Crippen molar-refractivity contribution >= 4 is 0 Å². The summed E-state index contributed by atoms with van der Waals surface area (Å²) in [5.74, 6) is 0.975. The Morgan fingerprint density at radius 3 is 2.89 bits per heavy atom. The van der Waals surface area contributed by atoms with Gasteiger partial charge in [0.15, 0.2) is 0 Å². The third-order valence-corrected chi connectivity index (χ3v) is 3.07. The van der Waals surface area contributed by atoms with Crippen molar-refractivity contribution in [1.82, 2.24) is 5.32 Å². The minimum atomic E-state index is 0.619. The Balaban J connectivity index is 1.76. The highest BCUT2D eigenvalue weighted by Gasteiger charge is 2.20. The van der Waals surface area contributed by atoms with E-state index < -0.39 is 0 Å². The molecule has 1 saturated carbocycles. The number of benzene rings is 1. The molecule has 18 heavy (non-hydrogen) atoms. The van der Waals surface area contributed by atoms with Crippen molar-refractivity contribution < 1.29 is 4.74 Å². The van der Waals surface area contributed by atoms with Gasteiger partial charge in [-0.2, -0.15) is 5.26 Å². The van der Waals surface area contributed by atoms with Gasteiger partial charge in [0.25, 0.3) is 0 Å². The minimum Gasteiger partial charge on any atom is -0.493 e. The lowest BCUT2D eigenvalue weighted by atomic mass is 10.2. The van der Waals surface area contributed by atoms with Gasteiger partial charge in [-0.05, 0) is 31.7 Å². The zero-order chi connectivity index (χ0) is 12.6. The van der Waals surface area contributed by atoms with Gasteiger partial charge in [-0.25, -0.2) is 0 Å². The molecule has 0 radical (unpaired) electrons. The Bertz CT molecular complexity index is 407. The summed E-state index contributed by atoms with van der Waals surface area (Å²) in [6, 6.07) is 11.1. The molecule has 0 unspecified atom stereocenters.